The smallest absolute Gasteiger partial charge is 0.0547 e. The minimum absolute atomic E-state index is 0.828. The molecule has 0 aromatic heterocycles. The summed E-state index contributed by atoms with van der Waals surface area (Å²) in [5, 5.41) is 0. The molecule has 1 aliphatic heterocycles. The van der Waals surface area contributed by atoms with E-state index in [1.165, 1.54) is 38.9 Å². The third-order valence-electron chi connectivity index (χ3n) is 3.62. The molecule has 0 amide bonds. The lowest BCUT2D eigenvalue weighted by Crippen LogP contribution is -2.25. The van der Waals surface area contributed by atoms with E-state index in [9.17, 15) is 0 Å². The van der Waals surface area contributed by atoms with Crippen molar-refractivity contribution in [2.75, 3.05) is 17.2 Å². The van der Waals surface area contributed by atoms with Crippen LogP contribution < -0.4 is 10.6 Å². The second-order valence-corrected chi connectivity index (χ2v) is 6.26. The Balaban J connectivity index is 2.08. The largest absolute Gasteiger partial charge is 0.399 e. The molecular formula is C16H17IN2. The second-order valence-electron chi connectivity index (χ2n) is 5.10. The van der Waals surface area contributed by atoms with Crippen molar-refractivity contribution in [3.8, 4) is 0 Å². The van der Waals surface area contributed by atoms with Crippen molar-refractivity contribution >= 4 is 39.7 Å². The minimum atomic E-state index is 0.828. The predicted molar refractivity (Wildman–Crippen MR) is 90.1 cm³/mol. The van der Waals surface area contributed by atoms with E-state index in [1.807, 2.05) is 12.1 Å². The predicted octanol–water partition coefficient (Wildman–Crippen LogP) is 4.27. The molecule has 2 nitrogen and oxygen atoms in total. The van der Waals surface area contributed by atoms with Gasteiger partial charge in [-0.1, -0.05) is 17.7 Å². The Hall–Kier alpha value is -1.23. The lowest BCUT2D eigenvalue weighted by molar-refractivity contribution is 0.765. The molecule has 0 bridgehead atoms. The van der Waals surface area contributed by atoms with Gasteiger partial charge in [0.25, 0.3) is 0 Å². The number of fused-ring (bicyclic) bond motifs is 1. The van der Waals surface area contributed by atoms with E-state index >= 15 is 0 Å². The monoisotopic (exact) mass is 364 g/mol. The van der Waals surface area contributed by atoms with E-state index in [2.05, 4.69) is 58.7 Å². The SMILES string of the molecule is Cc1ccc2c(c1)CCCN2c1ccc(N)cc1I. The Morgan fingerprint density at radius 1 is 1.11 bits per heavy atom. The summed E-state index contributed by atoms with van der Waals surface area (Å²) in [6, 6.07) is 12.9. The van der Waals surface area contributed by atoms with Crippen LogP contribution in [0.15, 0.2) is 36.4 Å². The molecule has 3 rings (SSSR count). The van der Waals surface area contributed by atoms with Gasteiger partial charge in [0.1, 0.15) is 0 Å². The van der Waals surface area contributed by atoms with Crippen molar-refractivity contribution in [2.45, 2.75) is 19.8 Å². The van der Waals surface area contributed by atoms with E-state index in [0.29, 0.717) is 0 Å². The van der Waals surface area contributed by atoms with Gasteiger partial charge in [0.15, 0.2) is 0 Å². The minimum Gasteiger partial charge on any atom is -0.399 e. The Morgan fingerprint density at radius 2 is 1.89 bits per heavy atom. The molecule has 0 atom stereocenters. The molecule has 2 aromatic carbocycles. The molecule has 0 radical (unpaired) electrons. The van der Waals surface area contributed by atoms with Gasteiger partial charge in [0.2, 0.25) is 0 Å². The van der Waals surface area contributed by atoms with Crippen LogP contribution in [0.5, 0.6) is 0 Å². The molecular weight excluding hydrogens is 347 g/mol. The second kappa shape index (κ2) is 5.04. The molecule has 0 saturated heterocycles. The van der Waals surface area contributed by atoms with Crippen LogP contribution in [0.1, 0.15) is 17.5 Å². The Bertz CT molecular complexity index is 622. The van der Waals surface area contributed by atoms with Gasteiger partial charge in [0, 0.05) is 21.5 Å². The first kappa shape index (κ1) is 12.8. The van der Waals surface area contributed by atoms with Gasteiger partial charge < -0.3 is 10.6 Å². The van der Waals surface area contributed by atoms with Gasteiger partial charge in [-0.25, -0.2) is 0 Å². The maximum absolute atomic E-state index is 5.85. The maximum atomic E-state index is 5.85. The van der Waals surface area contributed by atoms with Gasteiger partial charge in [-0.05, 0) is 72.2 Å². The highest BCUT2D eigenvalue weighted by atomic mass is 127. The number of nitrogen functional groups attached to an aromatic ring is 1. The zero-order valence-electron chi connectivity index (χ0n) is 11.0. The fraction of sp³-hybridized carbons (Fsp3) is 0.250. The summed E-state index contributed by atoms with van der Waals surface area (Å²) in [4.78, 5) is 2.42. The highest BCUT2D eigenvalue weighted by Gasteiger charge is 2.19. The molecule has 0 fully saturated rings. The van der Waals surface area contributed by atoms with Crippen LogP contribution in [0.4, 0.5) is 17.1 Å². The van der Waals surface area contributed by atoms with Gasteiger partial charge in [-0.15, -0.1) is 0 Å². The summed E-state index contributed by atoms with van der Waals surface area (Å²) in [5.74, 6) is 0. The van der Waals surface area contributed by atoms with Crippen LogP contribution in [-0.2, 0) is 6.42 Å². The number of aryl methyl sites for hydroxylation is 2. The number of hydrogen-bond acceptors (Lipinski definition) is 2. The first-order valence-corrected chi connectivity index (χ1v) is 7.65. The Labute approximate surface area is 127 Å². The van der Waals surface area contributed by atoms with Crippen molar-refractivity contribution < 1.29 is 0 Å². The number of nitrogens with two attached hydrogens (primary N) is 1. The average molecular weight is 364 g/mol. The number of nitrogens with zero attached hydrogens (tertiary/aromatic N) is 1. The third kappa shape index (κ3) is 2.43. The third-order valence-corrected chi connectivity index (χ3v) is 4.48. The highest BCUT2D eigenvalue weighted by Crippen LogP contribution is 2.36. The number of benzene rings is 2. The summed E-state index contributed by atoms with van der Waals surface area (Å²) in [7, 11) is 0. The topological polar surface area (TPSA) is 29.3 Å². The van der Waals surface area contributed by atoms with Crippen LogP contribution in [-0.4, -0.2) is 6.54 Å². The first-order chi connectivity index (χ1) is 9.15. The molecule has 2 aromatic rings. The lowest BCUT2D eigenvalue weighted by Gasteiger charge is -2.32. The average Bonchev–Trinajstić information content (AvgIpc) is 2.38. The first-order valence-electron chi connectivity index (χ1n) is 6.57. The highest BCUT2D eigenvalue weighted by molar-refractivity contribution is 14.1. The van der Waals surface area contributed by atoms with E-state index in [-0.39, 0.29) is 0 Å². The molecule has 1 heterocycles. The molecule has 0 aliphatic carbocycles. The zero-order valence-corrected chi connectivity index (χ0v) is 13.1. The molecule has 0 spiro atoms. The molecule has 1 aliphatic rings. The fourth-order valence-corrected chi connectivity index (χ4v) is 3.55. The summed E-state index contributed by atoms with van der Waals surface area (Å²) in [6.45, 7) is 3.24. The van der Waals surface area contributed by atoms with Crippen LogP contribution in [0, 0.1) is 10.5 Å². The lowest BCUT2D eigenvalue weighted by atomic mass is 9.99. The number of hydrogen-bond donors (Lipinski definition) is 1. The van der Waals surface area contributed by atoms with Crippen molar-refractivity contribution in [3.63, 3.8) is 0 Å². The van der Waals surface area contributed by atoms with Crippen molar-refractivity contribution in [1.29, 1.82) is 0 Å². The summed E-state index contributed by atoms with van der Waals surface area (Å²) in [5.41, 5.74) is 12.1. The molecule has 98 valence electrons. The van der Waals surface area contributed by atoms with Crippen LogP contribution in [0.25, 0.3) is 0 Å². The molecule has 2 N–H and O–H groups in total. The van der Waals surface area contributed by atoms with E-state index in [0.717, 1.165) is 12.2 Å². The Kier molecular flexibility index (Phi) is 3.39. The summed E-state index contributed by atoms with van der Waals surface area (Å²) in [6.07, 6.45) is 2.38. The van der Waals surface area contributed by atoms with Crippen molar-refractivity contribution in [2.24, 2.45) is 0 Å². The standard InChI is InChI=1S/C16H17IN2/c1-11-4-6-15-12(9-11)3-2-8-19(15)16-7-5-13(18)10-14(16)17/h4-7,9-10H,2-3,8,18H2,1H3. The van der Waals surface area contributed by atoms with Crippen LogP contribution >= 0.6 is 22.6 Å². The van der Waals surface area contributed by atoms with Gasteiger partial charge >= 0.3 is 0 Å². The van der Waals surface area contributed by atoms with Gasteiger partial charge in [0.05, 0.1) is 5.69 Å². The number of rotatable bonds is 1. The number of halogens is 1. The van der Waals surface area contributed by atoms with E-state index in [4.69, 9.17) is 5.73 Å². The van der Waals surface area contributed by atoms with Gasteiger partial charge in [-0.2, -0.15) is 0 Å². The molecule has 19 heavy (non-hydrogen) atoms. The fourth-order valence-electron chi connectivity index (χ4n) is 2.72. The van der Waals surface area contributed by atoms with E-state index in [1.54, 1.807) is 0 Å². The molecule has 3 heteroatoms. The van der Waals surface area contributed by atoms with Crippen molar-refractivity contribution in [3.05, 3.63) is 51.1 Å². The van der Waals surface area contributed by atoms with Gasteiger partial charge in [-0.3, -0.25) is 0 Å². The summed E-state index contributed by atoms with van der Waals surface area (Å²) < 4.78 is 1.21. The molecule has 0 saturated carbocycles. The maximum Gasteiger partial charge on any atom is 0.0547 e. The van der Waals surface area contributed by atoms with Crippen LogP contribution in [0.3, 0.4) is 0 Å². The number of anilines is 3. The normalized spacial score (nSPS) is 14.3. The van der Waals surface area contributed by atoms with Crippen molar-refractivity contribution in [1.82, 2.24) is 0 Å². The molecule has 0 unspecified atom stereocenters. The quantitative estimate of drug-likeness (QED) is 0.605. The summed E-state index contributed by atoms with van der Waals surface area (Å²) >= 11 is 2.37. The Morgan fingerprint density at radius 3 is 2.68 bits per heavy atom. The van der Waals surface area contributed by atoms with Crippen LogP contribution in [0.2, 0.25) is 0 Å². The van der Waals surface area contributed by atoms with E-state index < -0.39 is 0 Å². The zero-order chi connectivity index (χ0) is 13.4.